The van der Waals surface area contributed by atoms with Crippen molar-refractivity contribution in [2.75, 3.05) is 38.0 Å². The van der Waals surface area contributed by atoms with Gasteiger partial charge in [-0.2, -0.15) is 13.2 Å². The first-order chi connectivity index (χ1) is 15.4. The van der Waals surface area contributed by atoms with E-state index >= 15 is 0 Å². The summed E-state index contributed by atoms with van der Waals surface area (Å²) in [6.45, 7) is -1.28. The Balaban J connectivity index is 2.03. The second-order valence-electron chi connectivity index (χ2n) is 7.11. The molecule has 3 rings (SSSR count). The number of methoxy groups -OCH3 is 2. The lowest BCUT2D eigenvalue weighted by Crippen LogP contribution is -2.31. The molecule has 0 unspecified atom stereocenters. The van der Waals surface area contributed by atoms with E-state index in [9.17, 15) is 21.6 Å². The molecule has 33 heavy (non-hydrogen) atoms. The van der Waals surface area contributed by atoms with Crippen LogP contribution in [0.3, 0.4) is 0 Å². The second-order valence-corrected chi connectivity index (χ2v) is 8.67. The highest BCUT2D eigenvalue weighted by molar-refractivity contribution is 7.89. The molecule has 0 aliphatic heterocycles. The normalized spacial score (nSPS) is 12.0. The number of sulfonamides is 1. The molecule has 1 heterocycles. The van der Waals surface area contributed by atoms with Crippen LogP contribution in [-0.2, 0) is 16.6 Å². The lowest BCUT2D eigenvalue weighted by Gasteiger charge is -2.24. The highest BCUT2D eigenvalue weighted by Gasteiger charge is 2.30. The summed E-state index contributed by atoms with van der Waals surface area (Å²) in [7, 11) is 0.157. The van der Waals surface area contributed by atoms with Crippen molar-refractivity contribution in [3.05, 3.63) is 42.2 Å². The van der Waals surface area contributed by atoms with Gasteiger partial charge in [0.25, 0.3) is 0 Å². The molecule has 9 nitrogen and oxygen atoms in total. The number of ether oxygens (including phenoxy) is 2. The predicted octanol–water partition coefficient (Wildman–Crippen LogP) is 2.91. The van der Waals surface area contributed by atoms with E-state index in [1.54, 1.807) is 12.1 Å². The average molecular weight is 485 g/mol. The van der Waals surface area contributed by atoms with E-state index in [2.05, 4.69) is 15.3 Å². The zero-order chi connectivity index (χ0) is 24.4. The van der Waals surface area contributed by atoms with Gasteiger partial charge in [0.15, 0.2) is 0 Å². The van der Waals surface area contributed by atoms with E-state index in [0.717, 1.165) is 11.0 Å². The molecule has 3 aromatic rings. The second kappa shape index (κ2) is 9.27. The van der Waals surface area contributed by atoms with Crippen molar-refractivity contribution >= 4 is 32.4 Å². The number of nitrogens with zero attached hydrogens (tertiary/aromatic N) is 3. The largest absolute Gasteiger partial charge is 0.497 e. The lowest BCUT2D eigenvalue weighted by atomic mass is 10.1. The number of fused-ring (bicyclic) bond motifs is 1. The van der Waals surface area contributed by atoms with Gasteiger partial charge in [-0.1, -0.05) is 0 Å². The van der Waals surface area contributed by atoms with E-state index in [-0.39, 0.29) is 22.7 Å². The van der Waals surface area contributed by atoms with Crippen LogP contribution in [0.5, 0.6) is 11.5 Å². The average Bonchev–Trinajstić information content (AvgIpc) is 2.74. The summed E-state index contributed by atoms with van der Waals surface area (Å²) in [5.41, 5.74) is 0.961. The first-order valence-corrected chi connectivity index (χ1v) is 11.0. The van der Waals surface area contributed by atoms with E-state index in [0.29, 0.717) is 28.2 Å². The van der Waals surface area contributed by atoms with Crippen LogP contribution in [-0.4, -0.2) is 52.4 Å². The van der Waals surface area contributed by atoms with Gasteiger partial charge in [0.05, 0.1) is 30.0 Å². The SMILES string of the molecule is COc1cc(OC)c2c(NCc3cc(S(N)(=O)=O)ccc3N(C)CC(F)(F)F)ncnc2c1. The molecule has 0 bridgehead atoms. The minimum atomic E-state index is -4.45. The minimum Gasteiger partial charge on any atom is -0.497 e. The molecule has 0 fully saturated rings. The van der Waals surface area contributed by atoms with Crippen molar-refractivity contribution in [2.24, 2.45) is 5.14 Å². The zero-order valence-electron chi connectivity index (χ0n) is 18.0. The molecule has 0 radical (unpaired) electrons. The van der Waals surface area contributed by atoms with Crippen LogP contribution in [0.2, 0.25) is 0 Å². The first-order valence-electron chi connectivity index (χ1n) is 9.47. The van der Waals surface area contributed by atoms with Gasteiger partial charge in [0.1, 0.15) is 30.2 Å². The Kier molecular flexibility index (Phi) is 6.84. The third-order valence-electron chi connectivity index (χ3n) is 4.78. The summed E-state index contributed by atoms with van der Waals surface area (Å²) >= 11 is 0. The highest BCUT2D eigenvalue weighted by atomic mass is 32.2. The maximum Gasteiger partial charge on any atom is 0.405 e. The fraction of sp³-hybridized carbons (Fsp3) is 0.300. The third-order valence-corrected chi connectivity index (χ3v) is 5.70. The molecule has 0 atom stereocenters. The monoisotopic (exact) mass is 485 g/mol. The number of rotatable bonds is 8. The Morgan fingerprint density at radius 2 is 1.85 bits per heavy atom. The summed E-state index contributed by atoms with van der Waals surface area (Å²) in [6, 6.07) is 6.99. The summed E-state index contributed by atoms with van der Waals surface area (Å²) in [4.78, 5) is 9.17. The Bertz CT molecular complexity index is 1270. The summed E-state index contributed by atoms with van der Waals surface area (Å²) in [5.74, 6) is 1.27. The minimum absolute atomic E-state index is 0.0534. The summed E-state index contributed by atoms with van der Waals surface area (Å²) in [6.07, 6.45) is -3.14. The van der Waals surface area contributed by atoms with Crippen molar-refractivity contribution in [3.63, 3.8) is 0 Å². The number of benzene rings is 2. The smallest absolute Gasteiger partial charge is 0.405 e. The number of primary sulfonamides is 1. The lowest BCUT2D eigenvalue weighted by molar-refractivity contribution is -0.119. The van der Waals surface area contributed by atoms with E-state index in [1.807, 2.05) is 0 Å². The van der Waals surface area contributed by atoms with Crippen molar-refractivity contribution in [1.82, 2.24) is 9.97 Å². The Morgan fingerprint density at radius 3 is 2.45 bits per heavy atom. The van der Waals surface area contributed by atoms with Crippen LogP contribution in [0.4, 0.5) is 24.7 Å². The van der Waals surface area contributed by atoms with E-state index in [4.69, 9.17) is 14.6 Å². The van der Waals surface area contributed by atoms with Crippen molar-refractivity contribution in [3.8, 4) is 11.5 Å². The molecule has 0 saturated heterocycles. The van der Waals surface area contributed by atoms with Crippen molar-refractivity contribution in [2.45, 2.75) is 17.6 Å². The maximum atomic E-state index is 12.9. The Hall–Kier alpha value is -3.32. The number of alkyl halides is 3. The number of hydrogen-bond acceptors (Lipinski definition) is 8. The number of hydrogen-bond donors (Lipinski definition) is 2. The number of nitrogens with one attached hydrogen (secondary N) is 1. The molecule has 0 aliphatic rings. The number of anilines is 2. The van der Waals surface area contributed by atoms with Gasteiger partial charge in [-0.15, -0.1) is 0 Å². The third kappa shape index (κ3) is 5.73. The fourth-order valence-electron chi connectivity index (χ4n) is 3.33. The van der Waals surface area contributed by atoms with Crippen molar-refractivity contribution in [1.29, 1.82) is 0 Å². The van der Waals surface area contributed by atoms with E-state index in [1.165, 1.54) is 39.7 Å². The molecular formula is C20H22F3N5O4S. The fourth-order valence-corrected chi connectivity index (χ4v) is 3.89. The van der Waals surface area contributed by atoms with Gasteiger partial charge in [-0.3, -0.25) is 0 Å². The van der Waals surface area contributed by atoms with Crippen LogP contribution in [0.15, 0.2) is 41.6 Å². The first kappa shape index (κ1) is 24.3. The van der Waals surface area contributed by atoms with Crippen LogP contribution in [0, 0.1) is 0 Å². The molecule has 0 spiro atoms. The molecule has 0 aliphatic carbocycles. The van der Waals surface area contributed by atoms with Gasteiger partial charge >= 0.3 is 6.18 Å². The quantitative estimate of drug-likeness (QED) is 0.500. The molecule has 178 valence electrons. The number of nitrogens with two attached hydrogens (primary N) is 1. The molecule has 0 saturated carbocycles. The van der Waals surface area contributed by atoms with Crippen LogP contribution in [0.25, 0.3) is 10.9 Å². The molecule has 2 aromatic carbocycles. The molecule has 0 amide bonds. The molecule has 13 heteroatoms. The van der Waals surface area contributed by atoms with Crippen LogP contribution in [0.1, 0.15) is 5.56 Å². The molecular weight excluding hydrogens is 463 g/mol. The number of halogens is 3. The van der Waals surface area contributed by atoms with Gasteiger partial charge in [-0.05, 0) is 23.8 Å². The van der Waals surface area contributed by atoms with Crippen LogP contribution >= 0.6 is 0 Å². The van der Waals surface area contributed by atoms with Crippen LogP contribution < -0.4 is 24.8 Å². The zero-order valence-corrected chi connectivity index (χ0v) is 18.8. The summed E-state index contributed by atoms with van der Waals surface area (Å²) < 4.78 is 73.1. The standard InChI is InChI=1S/C20H22F3N5O4S/c1-28(10-20(21,22)23)16-5-4-14(33(24,29)30)6-12(16)9-25-19-18-15(26-11-27-19)7-13(31-2)8-17(18)32-3/h4-8,11H,9-10H2,1-3H3,(H2,24,29,30)(H,25,26,27). The van der Waals surface area contributed by atoms with Gasteiger partial charge < -0.3 is 19.7 Å². The van der Waals surface area contributed by atoms with Gasteiger partial charge in [0, 0.05) is 31.4 Å². The van der Waals surface area contributed by atoms with Gasteiger partial charge in [0.2, 0.25) is 10.0 Å². The topological polar surface area (TPSA) is 120 Å². The Morgan fingerprint density at radius 1 is 1.12 bits per heavy atom. The number of aromatic nitrogens is 2. The predicted molar refractivity (Wildman–Crippen MR) is 117 cm³/mol. The summed E-state index contributed by atoms with van der Waals surface area (Å²) in [5, 5.41) is 8.77. The molecule has 1 aromatic heterocycles. The maximum absolute atomic E-state index is 12.9. The highest BCUT2D eigenvalue weighted by Crippen LogP contribution is 2.34. The Labute approximate surface area is 188 Å². The molecule has 3 N–H and O–H groups in total. The van der Waals surface area contributed by atoms with Crippen molar-refractivity contribution < 1.29 is 31.1 Å². The van der Waals surface area contributed by atoms with Gasteiger partial charge in [-0.25, -0.2) is 23.5 Å². The van der Waals surface area contributed by atoms with E-state index < -0.39 is 22.7 Å².